The van der Waals surface area contributed by atoms with Crippen molar-refractivity contribution in [2.45, 2.75) is 26.8 Å². The summed E-state index contributed by atoms with van der Waals surface area (Å²) in [6.45, 7) is 10.1. The fourth-order valence-corrected chi connectivity index (χ4v) is 2.11. The molecular weight excluding hydrogens is 254 g/mol. The van der Waals surface area contributed by atoms with Crippen LogP contribution in [0.3, 0.4) is 0 Å². The molecule has 1 unspecified atom stereocenters. The van der Waals surface area contributed by atoms with E-state index in [2.05, 4.69) is 38.2 Å². The summed E-state index contributed by atoms with van der Waals surface area (Å²) in [5, 5.41) is 3.46. The van der Waals surface area contributed by atoms with E-state index in [0.717, 1.165) is 31.3 Å². The lowest BCUT2D eigenvalue weighted by Gasteiger charge is -2.21. The van der Waals surface area contributed by atoms with Gasteiger partial charge < -0.3 is 19.5 Å². The number of fused-ring (bicyclic) bond motifs is 1. The van der Waals surface area contributed by atoms with E-state index in [0.29, 0.717) is 19.1 Å². The van der Waals surface area contributed by atoms with E-state index in [1.165, 1.54) is 5.56 Å². The minimum absolute atomic E-state index is 0.272. The second kappa shape index (κ2) is 7.50. The minimum Gasteiger partial charge on any atom is -0.486 e. The minimum atomic E-state index is 0.272. The molecule has 1 N–H and O–H groups in total. The van der Waals surface area contributed by atoms with Gasteiger partial charge in [-0.05, 0) is 30.5 Å². The Bertz CT molecular complexity index is 420. The fourth-order valence-electron chi connectivity index (χ4n) is 2.11. The van der Waals surface area contributed by atoms with Gasteiger partial charge in [-0.15, -0.1) is 0 Å². The van der Waals surface area contributed by atoms with Crippen LogP contribution in [0.5, 0.6) is 11.5 Å². The third kappa shape index (κ3) is 4.39. The monoisotopic (exact) mass is 279 g/mol. The lowest BCUT2D eigenvalue weighted by atomic mass is 10.1. The molecule has 0 radical (unpaired) electrons. The SMILES string of the molecule is CC(C)COCCNC(C)c1ccc2c(c1)OCCO2. The van der Waals surface area contributed by atoms with Gasteiger partial charge in [0.1, 0.15) is 13.2 Å². The lowest BCUT2D eigenvalue weighted by Crippen LogP contribution is -2.24. The molecular formula is C16H25NO3. The Balaban J connectivity index is 1.79. The molecule has 20 heavy (non-hydrogen) atoms. The first-order valence-electron chi connectivity index (χ1n) is 7.37. The van der Waals surface area contributed by atoms with Gasteiger partial charge in [0.05, 0.1) is 6.61 Å². The average Bonchev–Trinajstić information content (AvgIpc) is 2.46. The van der Waals surface area contributed by atoms with Gasteiger partial charge >= 0.3 is 0 Å². The Labute approximate surface area is 121 Å². The van der Waals surface area contributed by atoms with Crippen molar-refractivity contribution in [1.82, 2.24) is 5.32 Å². The van der Waals surface area contributed by atoms with Crippen LogP contribution < -0.4 is 14.8 Å². The van der Waals surface area contributed by atoms with E-state index in [4.69, 9.17) is 14.2 Å². The van der Waals surface area contributed by atoms with E-state index >= 15 is 0 Å². The van der Waals surface area contributed by atoms with Crippen molar-refractivity contribution in [3.8, 4) is 11.5 Å². The van der Waals surface area contributed by atoms with Crippen LogP contribution in [-0.4, -0.2) is 33.0 Å². The number of ether oxygens (including phenoxy) is 3. The number of hydrogen-bond acceptors (Lipinski definition) is 4. The van der Waals surface area contributed by atoms with Crippen LogP contribution in [0.15, 0.2) is 18.2 Å². The highest BCUT2D eigenvalue weighted by atomic mass is 16.6. The smallest absolute Gasteiger partial charge is 0.161 e. The zero-order valence-electron chi connectivity index (χ0n) is 12.6. The molecule has 0 spiro atoms. The summed E-state index contributed by atoms with van der Waals surface area (Å²) in [6.07, 6.45) is 0. The second-order valence-electron chi connectivity index (χ2n) is 5.55. The van der Waals surface area contributed by atoms with Gasteiger partial charge in [0, 0.05) is 19.2 Å². The third-order valence-corrected chi connectivity index (χ3v) is 3.21. The Hall–Kier alpha value is -1.26. The van der Waals surface area contributed by atoms with Crippen molar-refractivity contribution < 1.29 is 14.2 Å². The highest BCUT2D eigenvalue weighted by Gasteiger charge is 2.14. The standard InChI is InChI=1S/C16H25NO3/c1-12(2)11-18-7-6-17-13(3)14-4-5-15-16(10-14)20-9-8-19-15/h4-5,10,12-13,17H,6-9,11H2,1-3H3. The fraction of sp³-hybridized carbons (Fsp3) is 0.625. The predicted molar refractivity (Wildman–Crippen MR) is 79.5 cm³/mol. The molecule has 0 amide bonds. The number of nitrogens with one attached hydrogen (secondary N) is 1. The van der Waals surface area contributed by atoms with E-state index in [-0.39, 0.29) is 6.04 Å². The molecule has 0 aliphatic carbocycles. The maximum Gasteiger partial charge on any atom is 0.161 e. The molecule has 1 aliphatic rings. The number of hydrogen-bond donors (Lipinski definition) is 1. The van der Waals surface area contributed by atoms with Crippen molar-refractivity contribution in [3.05, 3.63) is 23.8 Å². The zero-order chi connectivity index (χ0) is 14.4. The molecule has 112 valence electrons. The van der Waals surface area contributed by atoms with Crippen LogP contribution in [0.25, 0.3) is 0 Å². The van der Waals surface area contributed by atoms with Gasteiger partial charge in [0.2, 0.25) is 0 Å². The first kappa shape index (κ1) is 15.1. The van der Waals surface area contributed by atoms with Gasteiger partial charge in [-0.3, -0.25) is 0 Å². The summed E-state index contributed by atoms with van der Waals surface area (Å²) in [5.74, 6) is 2.27. The van der Waals surface area contributed by atoms with Crippen LogP contribution in [-0.2, 0) is 4.74 Å². The molecule has 1 aromatic rings. The lowest BCUT2D eigenvalue weighted by molar-refractivity contribution is 0.110. The van der Waals surface area contributed by atoms with Gasteiger partial charge in [-0.1, -0.05) is 19.9 Å². The molecule has 1 atom stereocenters. The van der Waals surface area contributed by atoms with Crippen molar-refractivity contribution in [1.29, 1.82) is 0 Å². The van der Waals surface area contributed by atoms with E-state index in [1.807, 2.05) is 6.07 Å². The Morgan fingerprint density at radius 3 is 2.65 bits per heavy atom. The van der Waals surface area contributed by atoms with Crippen LogP contribution in [0, 0.1) is 5.92 Å². The summed E-state index contributed by atoms with van der Waals surface area (Å²) in [6, 6.07) is 6.40. The van der Waals surface area contributed by atoms with Crippen LogP contribution >= 0.6 is 0 Å². The van der Waals surface area contributed by atoms with E-state index < -0.39 is 0 Å². The highest BCUT2D eigenvalue weighted by Crippen LogP contribution is 2.32. The topological polar surface area (TPSA) is 39.7 Å². The molecule has 1 aromatic carbocycles. The first-order valence-corrected chi connectivity index (χ1v) is 7.37. The molecule has 4 heteroatoms. The average molecular weight is 279 g/mol. The zero-order valence-corrected chi connectivity index (χ0v) is 12.6. The van der Waals surface area contributed by atoms with Crippen molar-refractivity contribution in [3.63, 3.8) is 0 Å². The predicted octanol–water partition coefficient (Wildman–Crippen LogP) is 2.78. The maximum atomic E-state index is 5.61. The summed E-state index contributed by atoms with van der Waals surface area (Å²) in [4.78, 5) is 0. The van der Waals surface area contributed by atoms with Gasteiger partial charge in [-0.2, -0.15) is 0 Å². The summed E-state index contributed by atoms with van der Waals surface area (Å²) < 4.78 is 16.7. The molecule has 4 nitrogen and oxygen atoms in total. The molecule has 1 heterocycles. The van der Waals surface area contributed by atoms with Gasteiger partial charge in [0.15, 0.2) is 11.5 Å². The van der Waals surface area contributed by atoms with E-state index in [9.17, 15) is 0 Å². The summed E-state index contributed by atoms with van der Waals surface area (Å²) in [5.41, 5.74) is 1.21. The normalized spacial score (nSPS) is 15.4. The molecule has 0 aromatic heterocycles. The van der Waals surface area contributed by atoms with Crippen LogP contribution in [0.1, 0.15) is 32.4 Å². The number of benzene rings is 1. The van der Waals surface area contributed by atoms with Gasteiger partial charge in [0.25, 0.3) is 0 Å². The molecule has 0 fully saturated rings. The molecule has 0 saturated heterocycles. The Morgan fingerprint density at radius 1 is 1.15 bits per heavy atom. The van der Waals surface area contributed by atoms with E-state index in [1.54, 1.807) is 0 Å². The summed E-state index contributed by atoms with van der Waals surface area (Å²) >= 11 is 0. The molecule has 0 saturated carbocycles. The summed E-state index contributed by atoms with van der Waals surface area (Å²) in [7, 11) is 0. The molecule has 1 aliphatic heterocycles. The molecule has 0 bridgehead atoms. The van der Waals surface area contributed by atoms with Gasteiger partial charge in [-0.25, -0.2) is 0 Å². The first-order chi connectivity index (χ1) is 9.66. The molecule has 2 rings (SSSR count). The Kier molecular flexibility index (Phi) is 5.68. The quantitative estimate of drug-likeness (QED) is 0.779. The van der Waals surface area contributed by atoms with Crippen LogP contribution in [0.4, 0.5) is 0 Å². The van der Waals surface area contributed by atoms with Crippen molar-refractivity contribution in [2.75, 3.05) is 33.0 Å². The number of rotatable bonds is 7. The van der Waals surface area contributed by atoms with Crippen molar-refractivity contribution >= 4 is 0 Å². The third-order valence-electron chi connectivity index (χ3n) is 3.21. The Morgan fingerprint density at radius 2 is 1.90 bits per heavy atom. The maximum absolute atomic E-state index is 5.61. The van der Waals surface area contributed by atoms with Crippen molar-refractivity contribution in [2.24, 2.45) is 5.92 Å². The largest absolute Gasteiger partial charge is 0.486 e. The van der Waals surface area contributed by atoms with Crippen LogP contribution in [0.2, 0.25) is 0 Å². The second-order valence-corrected chi connectivity index (χ2v) is 5.55. The highest BCUT2D eigenvalue weighted by molar-refractivity contribution is 5.44.